The largest absolute Gasteiger partial charge is 0.416 e. The van der Waals surface area contributed by atoms with Gasteiger partial charge in [-0.3, -0.25) is 0 Å². The Morgan fingerprint density at radius 3 is 1.29 bits per heavy atom. The second-order valence-corrected chi connectivity index (χ2v) is 14.3. The molecule has 2 heterocycles. The molecule has 0 saturated heterocycles. The molecule has 10 aromatic rings. The van der Waals surface area contributed by atoms with Crippen LogP contribution in [0.1, 0.15) is 16.7 Å². The predicted octanol–water partition coefficient (Wildman–Crippen LogP) is 13.6. The molecule has 0 spiro atoms. The summed E-state index contributed by atoms with van der Waals surface area (Å²) < 4.78 is 47.3. The molecule has 7 heteroatoms. The number of para-hydroxylation sites is 2. The molecular weight excluding hydrogens is 726 g/mol. The molecule has 0 aliphatic heterocycles. The Morgan fingerprint density at radius 1 is 0.379 bits per heavy atom. The van der Waals surface area contributed by atoms with Crippen LogP contribution in [-0.4, -0.2) is 9.13 Å². The first kappa shape index (κ1) is 34.6. The van der Waals surface area contributed by atoms with Crippen LogP contribution in [-0.2, 0) is 6.18 Å². The van der Waals surface area contributed by atoms with E-state index in [1.807, 2.05) is 124 Å². The quantitative estimate of drug-likeness (QED) is 0.176. The van der Waals surface area contributed by atoms with Crippen LogP contribution in [0.4, 0.5) is 13.2 Å². The van der Waals surface area contributed by atoms with Crippen molar-refractivity contribution in [2.75, 3.05) is 0 Å². The maximum absolute atomic E-state index is 14.4. The minimum Gasteiger partial charge on any atom is -0.308 e. The van der Waals surface area contributed by atoms with E-state index in [0.717, 1.165) is 78.0 Å². The third kappa shape index (κ3) is 5.60. The second-order valence-electron chi connectivity index (χ2n) is 14.3. The summed E-state index contributed by atoms with van der Waals surface area (Å²) in [5, 5.41) is 25.2. The van der Waals surface area contributed by atoms with Gasteiger partial charge in [0.2, 0.25) is 0 Å². The summed E-state index contributed by atoms with van der Waals surface area (Å²) in [6.45, 7) is 0. The standard InChI is InChI=1S/C51H29F3N4/c52-51(53,54)39-24-32(30-55)23-37(25-39)38-28-49(57-45-17-9-7-15-40(45)42-21-19-35(26-47(42)57)33-11-3-1-4-12-33)44(31-56)50(29-38)58-46-18-10-8-16-41(46)43-22-20-36(27-48(43)58)34-13-5-2-6-14-34/h1-29H. The summed E-state index contributed by atoms with van der Waals surface area (Å²) in [6, 6.07) is 59.9. The minimum absolute atomic E-state index is 0.119. The third-order valence-electron chi connectivity index (χ3n) is 11.0. The lowest BCUT2D eigenvalue weighted by atomic mass is 9.96. The fourth-order valence-corrected chi connectivity index (χ4v) is 8.35. The van der Waals surface area contributed by atoms with E-state index in [0.29, 0.717) is 22.5 Å². The lowest BCUT2D eigenvalue weighted by molar-refractivity contribution is -0.137. The molecule has 274 valence electrons. The number of nitrogens with zero attached hydrogens (tertiary/aromatic N) is 4. The number of hydrogen-bond acceptors (Lipinski definition) is 2. The van der Waals surface area contributed by atoms with Crippen LogP contribution >= 0.6 is 0 Å². The first-order valence-electron chi connectivity index (χ1n) is 18.7. The zero-order valence-corrected chi connectivity index (χ0v) is 30.7. The number of aromatic nitrogens is 2. The summed E-state index contributed by atoms with van der Waals surface area (Å²) in [5.74, 6) is 0. The van der Waals surface area contributed by atoms with Gasteiger partial charge in [-0.2, -0.15) is 23.7 Å². The normalized spacial score (nSPS) is 11.7. The topological polar surface area (TPSA) is 57.4 Å². The summed E-state index contributed by atoms with van der Waals surface area (Å²) in [4.78, 5) is 0. The van der Waals surface area contributed by atoms with E-state index in [9.17, 15) is 23.7 Å². The van der Waals surface area contributed by atoms with Gasteiger partial charge in [-0.15, -0.1) is 0 Å². The molecule has 0 bridgehead atoms. The van der Waals surface area contributed by atoms with E-state index < -0.39 is 11.7 Å². The van der Waals surface area contributed by atoms with Gasteiger partial charge in [0.15, 0.2) is 0 Å². The van der Waals surface area contributed by atoms with Crippen LogP contribution in [0.15, 0.2) is 176 Å². The highest BCUT2D eigenvalue weighted by Crippen LogP contribution is 2.42. The molecule has 0 saturated carbocycles. The van der Waals surface area contributed by atoms with Crippen molar-refractivity contribution in [1.29, 1.82) is 10.5 Å². The molecule has 8 aromatic carbocycles. The van der Waals surface area contributed by atoms with Gasteiger partial charge in [0, 0.05) is 21.5 Å². The van der Waals surface area contributed by atoms with Gasteiger partial charge in [-0.1, -0.05) is 121 Å². The smallest absolute Gasteiger partial charge is 0.308 e. The van der Waals surface area contributed by atoms with E-state index in [4.69, 9.17) is 0 Å². The Balaban J connectivity index is 1.36. The van der Waals surface area contributed by atoms with E-state index in [1.165, 1.54) is 6.07 Å². The Kier molecular flexibility index (Phi) is 8.00. The second kappa shape index (κ2) is 13.4. The van der Waals surface area contributed by atoms with Crippen LogP contribution in [0.25, 0.3) is 88.4 Å². The van der Waals surface area contributed by atoms with E-state index in [-0.39, 0.29) is 11.1 Å². The molecule has 0 radical (unpaired) electrons. The molecule has 58 heavy (non-hydrogen) atoms. The van der Waals surface area contributed by atoms with Crippen LogP contribution in [0.2, 0.25) is 0 Å². The summed E-state index contributed by atoms with van der Waals surface area (Å²) in [7, 11) is 0. The minimum atomic E-state index is -4.69. The lowest BCUT2D eigenvalue weighted by Crippen LogP contribution is -2.07. The Labute approximate surface area is 331 Å². The highest BCUT2D eigenvalue weighted by atomic mass is 19.4. The molecule has 0 atom stereocenters. The Bertz CT molecular complexity index is 3160. The molecule has 0 unspecified atom stereocenters. The van der Waals surface area contributed by atoms with Crippen molar-refractivity contribution in [3.05, 3.63) is 193 Å². The van der Waals surface area contributed by atoms with Crippen LogP contribution in [0.5, 0.6) is 0 Å². The molecular formula is C51H29F3N4. The number of rotatable bonds is 5. The maximum Gasteiger partial charge on any atom is 0.416 e. The molecule has 10 rings (SSSR count). The van der Waals surface area contributed by atoms with Gasteiger partial charge in [0.05, 0.1) is 50.6 Å². The Hall–Kier alpha value is -7.87. The number of alkyl halides is 3. The van der Waals surface area contributed by atoms with Crippen LogP contribution in [0.3, 0.4) is 0 Å². The van der Waals surface area contributed by atoms with Crippen molar-refractivity contribution in [3.8, 4) is 56.9 Å². The SMILES string of the molecule is N#Cc1cc(-c2cc(-n3c4ccccc4c4ccc(-c5ccccc5)cc43)c(C#N)c(-n3c4ccccc4c4ccc(-c5ccccc5)cc43)c2)cc(C(F)(F)F)c1. The molecule has 0 aliphatic rings. The zero-order chi connectivity index (χ0) is 39.5. The van der Waals surface area contributed by atoms with E-state index in [2.05, 4.69) is 42.5 Å². The van der Waals surface area contributed by atoms with Gasteiger partial charge in [-0.05, 0) is 88.0 Å². The maximum atomic E-state index is 14.4. The van der Waals surface area contributed by atoms with Gasteiger partial charge in [0.25, 0.3) is 0 Å². The van der Waals surface area contributed by atoms with Crippen molar-refractivity contribution in [3.63, 3.8) is 0 Å². The van der Waals surface area contributed by atoms with Crippen molar-refractivity contribution in [2.45, 2.75) is 6.18 Å². The third-order valence-corrected chi connectivity index (χ3v) is 11.0. The van der Waals surface area contributed by atoms with Gasteiger partial charge in [0.1, 0.15) is 11.6 Å². The first-order chi connectivity index (χ1) is 28.3. The number of benzene rings is 8. The molecule has 2 aromatic heterocycles. The molecule has 0 amide bonds. The molecule has 0 N–H and O–H groups in total. The fourth-order valence-electron chi connectivity index (χ4n) is 8.35. The average molecular weight is 755 g/mol. The average Bonchev–Trinajstić information content (AvgIpc) is 3.78. The van der Waals surface area contributed by atoms with Crippen molar-refractivity contribution >= 4 is 43.6 Å². The summed E-state index contributed by atoms with van der Waals surface area (Å²) in [6.07, 6.45) is -4.69. The highest BCUT2D eigenvalue weighted by molar-refractivity contribution is 6.12. The predicted molar refractivity (Wildman–Crippen MR) is 226 cm³/mol. The molecule has 4 nitrogen and oxygen atoms in total. The number of halogens is 3. The molecule has 0 fully saturated rings. The fraction of sp³-hybridized carbons (Fsp3) is 0.0196. The number of nitriles is 2. The van der Waals surface area contributed by atoms with Gasteiger partial charge >= 0.3 is 6.18 Å². The van der Waals surface area contributed by atoms with Crippen molar-refractivity contribution < 1.29 is 13.2 Å². The summed E-state index contributed by atoms with van der Waals surface area (Å²) in [5.41, 5.74) is 8.19. The Morgan fingerprint density at radius 2 is 0.828 bits per heavy atom. The lowest BCUT2D eigenvalue weighted by Gasteiger charge is -2.19. The van der Waals surface area contributed by atoms with E-state index in [1.54, 1.807) is 12.1 Å². The highest BCUT2D eigenvalue weighted by Gasteiger charge is 2.32. The van der Waals surface area contributed by atoms with Crippen LogP contribution in [0, 0.1) is 22.7 Å². The summed E-state index contributed by atoms with van der Waals surface area (Å²) >= 11 is 0. The van der Waals surface area contributed by atoms with Crippen molar-refractivity contribution in [1.82, 2.24) is 9.13 Å². The van der Waals surface area contributed by atoms with Crippen molar-refractivity contribution in [2.24, 2.45) is 0 Å². The van der Waals surface area contributed by atoms with Gasteiger partial charge in [-0.25, -0.2) is 0 Å². The zero-order valence-electron chi connectivity index (χ0n) is 30.7. The monoisotopic (exact) mass is 754 g/mol. The number of hydrogen-bond donors (Lipinski definition) is 0. The van der Waals surface area contributed by atoms with Gasteiger partial charge < -0.3 is 9.13 Å². The molecule has 0 aliphatic carbocycles. The number of fused-ring (bicyclic) bond motifs is 6. The van der Waals surface area contributed by atoms with Crippen LogP contribution < -0.4 is 0 Å². The first-order valence-corrected chi connectivity index (χ1v) is 18.7. The van der Waals surface area contributed by atoms with E-state index >= 15 is 0 Å².